The second kappa shape index (κ2) is 12.5. The third-order valence-electron chi connectivity index (χ3n) is 7.17. The number of hydrogen-bond acceptors (Lipinski definition) is 5. The SMILES string of the molecule is Cc1cc(S(=O)(=O)Nc2ccc(F)cc2)ccc1OCC(=O)N1CCN(C(c2ccccc2)c2ccccc2)CC1. The highest BCUT2D eigenvalue weighted by Gasteiger charge is 2.28. The van der Waals surface area contributed by atoms with Gasteiger partial charge >= 0.3 is 0 Å². The minimum atomic E-state index is -3.87. The molecule has 0 atom stereocenters. The maximum atomic E-state index is 13.1. The zero-order chi connectivity index (χ0) is 28.8. The second-order valence-electron chi connectivity index (χ2n) is 9.97. The van der Waals surface area contributed by atoms with Crippen molar-refractivity contribution in [2.45, 2.75) is 17.9 Å². The summed E-state index contributed by atoms with van der Waals surface area (Å²) in [6, 6.07) is 30.4. The third-order valence-corrected chi connectivity index (χ3v) is 8.55. The van der Waals surface area contributed by atoms with Crippen molar-refractivity contribution in [1.29, 1.82) is 0 Å². The van der Waals surface area contributed by atoms with Crippen molar-refractivity contribution in [2.24, 2.45) is 0 Å². The number of piperazine rings is 1. The van der Waals surface area contributed by atoms with Crippen molar-refractivity contribution in [3.05, 3.63) is 126 Å². The van der Waals surface area contributed by atoms with Crippen LogP contribution in [0.1, 0.15) is 22.7 Å². The molecule has 0 saturated carbocycles. The average molecular weight is 574 g/mol. The van der Waals surface area contributed by atoms with E-state index in [4.69, 9.17) is 4.74 Å². The quantitative estimate of drug-likeness (QED) is 0.296. The maximum Gasteiger partial charge on any atom is 0.261 e. The first kappa shape index (κ1) is 28.3. The van der Waals surface area contributed by atoms with Crippen molar-refractivity contribution in [1.82, 2.24) is 9.80 Å². The van der Waals surface area contributed by atoms with E-state index in [9.17, 15) is 17.6 Å². The van der Waals surface area contributed by atoms with Gasteiger partial charge in [0.2, 0.25) is 0 Å². The van der Waals surface area contributed by atoms with Crippen LogP contribution in [0.4, 0.5) is 10.1 Å². The van der Waals surface area contributed by atoms with Gasteiger partial charge in [0.25, 0.3) is 15.9 Å². The van der Waals surface area contributed by atoms with E-state index in [1.807, 2.05) is 41.3 Å². The van der Waals surface area contributed by atoms with Gasteiger partial charge in [-0.15, -0.1) is 0 Å². The Bertz CT molecular complexity index is 1540. The summed E-state index contributed by atoms with van der Waals surface area (Å²) in [5.74, 6) is -0.133. The predicted molar refractivity (Wildman–Crippen MR) is 157 cm³/mol. The Balaban J connectivity index is 1.18. The van der Waals surface area contributed by atoms with Crippen molar-refractivity contribution in [3.8, 4) is 5.75 Å². The van der Waals surface area contributed by atoms with Crippen LogP contribution >= 0.6 is 0 Å². The van der Waals surface area contributed by atoms with Gasteiger partial charge in [-0.25, -0.2) is 12.8 Å². The fraction of sp³-hybridized carbons (Fsp3) is 0.219. The van der Waals surface area contributed by atoms with Gasteiger partial charge in [-0.1, -0.05) is 60.7 Å². The number of nitrogens with one attached hydrogen (secondary N) is 1. The fourth-order valence-electron chi connectivity index (χ4n) is 5.03. The number of sulfonamides is 1. The van der Waals surface area contributed by atoms with E-state index < -0.39 is 15.8 Å². The number of anilines is 1. The smallest absolute Gasteiger partial charge is 0.261 e. The zero-order valence-electron chi connectivity index (χ0n) is 22.7. The first-order valence-electron chi connectivity index (χ1n) is 13.4. The molecule has 0 radical (unpaired) electrons. The van der Waals surface area contributed by atoms with E-state index in [1.165, 1.54) is 47.5 Å². The number of aryl methyl sites for hydroxylation is 1. The van der Waals surface area contributed by atoms with Gasteiger partial charge in [0.05, 0.1) is 10.9 Å². The Morgan fingerprint density at radius 2 is 1.44 bits per heavy atom. The Kier molecular flexibility index (Phi) is 8.66. The highest BCUT2D eigenvalue weighted by molar-refractivity contribution is 7.92. The standard InChI is InChI=1S/C32H32FN3O4S/c1-24-22-29(41(38,39)34-28-14-12-27(33)13-15-28)16-17-30(24)40-23-31(37)35-18-20-36(21-19-35)32(25-8-4-2-5-9-25)26-10-6-3-7-11-26/h2-17,22,32,34H,18-21,23H2,1H3. The van der Waals surface area contributed by atoms with Gasteiger partial charge in [0, 0.05) is 31.9 Å². The third kappa shape index (κ3) is 6.93. The second-order valence-corrected chi connectivity index (χ2v) is 11.7. The summed E-state index contributed by atoms with van der Waals surface area (Å²) in [5.41, 5.74) is 3.28. The number of carbonyl (C=O) groups is 1. The Morgan fingerprint density at radius 3 is 2.00 bits per heavy atom. The van der Waals surface area contributed by atoms with Crippen molar-refractivity contribution in [2.75, 3.05) is 37.5 Å². The predicted octanol–water partition coefficient (Wildman–Crippen LogP) is 5.25. The van der Waals surface area contributed by atoms with E-state index in [0.29, 0.717) is 24.4 Å². The fourth-order valence-corrected chi connectivity index (χ4v) is 6.17. The van der Waals surface area contributed by atoms with E-state index in [1.54, 1.807) is 13.0 Å². The van der Waals surface area contributed by atoms with E-state index >= 15 is 0 Å². The molecule has 0 spiro atoms. The number of benzene rings is 4. The summed E-state index contributed by atoms with van der Waals surface area (Å²) in [6.07, 6.45) is 0. The molecule has 1 fully saturated rings. The Labute approximate surface area is 240 Å². The lowest BCUT2D eigenvalue weighted by Gasteiger charge is -2.39. The summed E-state index contributed by atoms with van der Waals surface area (Å²) in [6.45, 7) is 4.22. The number of ether oxygens (including phenoxy) is 1. The van der Waals surface area contributed by atoms with E-state index in [-0.39, 0.29) is 29.1 Å². The topological polar surface area (TPSA) is 78.9 Å². The summed E-state index contributed by atoms with van der Waals surface area (Å²) in [7, 11) is -3.87. The number of rotatable bonds is 9. The van der Waals surface area contributed by atoms with Crippen LogP contribution in [0, 0.1) is 12.7 Å². The molecular formula is C32H32FN3O4S. The summed E-state index contributed by atoms with van der Waals surface area (Å²) in [4.78, 5) is 17.3. The van der Waals surface area contributed by atoms with Gasteiger partial charge < -0.3 is 9.64 Å². The zero-order valence-corrected chi connectivity index (χ0v) is 23.6. The highest BCUT2D eigenvalue weighted by Crippen LogP contribution is 2.30. The lowest BCUT2D eigenvalue weighted by Crippen LogP contribution is -2.51. The Hall–Kier alpha value is -4.21. The molecule has 1 N–H and O–H groups in total. The van der Waals surface area contributed by atoms with Crippen molar-refractivity contribution >= 4 is 21.6 Å². The van der Waals surface area contributed by atoms with Gasteiger partial charge in [0.1, 0.15) is 11.6 Å². The molecule has 41 heavy (non-hydrogen) atoms. The van der Waals surface area contributed by atoms with Crippen LogP contribution in [0.5, 0.6) is 5.75 Å². The molecule has 1 amide bonds. The van der Waals surface area contributed by atoms with Crippen LogP contribution < -0.4 is 9.46 Å². The van der Waals surface area contributed by atoms with Gasteiger partial charge in [0.15, 0.2) is 6.61 Å². The van der Waals surface area contributed by atoms with Crippen LogP contribution in [0.2, 0.25) is 0 Å². The number of halogens is 1. The first-order valence-corrected chi connectivity index (χ1v) is 14.9. The van der Waals surface area contributed by atoms with Gasteiger partial charge in [-0.05, 0) is 66.1 Å². The van der Waals surface area contributed by atoms with Crippen LogP contribution in [-0.2, 0) is 14.8 Å². The molecule has 212 valence electrons. The molecular weight excluding hydrogens is 541 g/mol. The molecule has 0 aromatic heterocycles. The molecule has 5 rings (SSSR count). The molecule has 0 aliphatic carbocycles. The first-order chi connectivity index (χ1) is 19.8. The van der Waals surface area contributed by atoms with Crippen LogP contribution in [0.15, 0.2) is 108 Å². The largest absolute Gasteiger partial charge is 0.483 e. The van der Waals surface area contributed by atoms with Crippen molar-refractivity contribution in [3.63, 3.8) is 0 Å². The molecule has 4 aromatic carbocycles. The van der Waals surface area contributed by atoms with Gasteiger partial charge in [-0.2, -0.15) is 0 Å². The maximum absolute atomic E-state index is 13.1. The minimum absolute atomic E-state index is 0.0421. The van der Waals surface area contributed by atoms with Crippen LogP contribution in [0.25, 0.3) is 0 Å². The number of carbonyl (C=O) groups excluding carboxylic acids is 1. The lowest BCUT2D eigenvalue weighted by molar-refractivity contribution is -0.135. The summed E-state index contributed by atoms with van der Waals surface area (Å²) in [5, 5.41) is 0. The van der Waals surface area contributed by atoms with Gasteiger partial charge in [-0.3, -0.25) is 14.4 Å². The van der Waals surface area contributed by atoms with E-state index in [0.717, 1.165) is 13.1 Å². The molecule has 1 aliphatic rings. The summed E-state index contributed by atoms with van der Waals surface area (Å²) >= 11 is 0. The minimum Gasteiger partial charge on any atom is -0.483 e. The molecule has 0 bridgehead atoms. The van der Waals surface area contributed by atoms with E-state index in [2.05, 4.69) is 33.9 Å². The summed E-state index contributed by atoms with van der Waals surface area (Å²) < 4.78 is 46.9. The molecule has 1 heterocycles. The molecule has 7 nitrogen and oxygen atoms in total. The molecule has 4 aromatic rings. The normalized spacial score (nSPS) is 14.2. The number of hydrogen-bond donors (Lipinski definition) is 1. The number of amides is 1. The molecule has 1 aliphatic heterocycles. The van der Waals surface area contributed by atoms with Crippen molar-refractivity contribution < 1.29 is 22.3 Å². The van der Waals surface area contributed by atoms with Crippen LogP contribution in [-0.4, -0.2) is 56.9 Å². The number of nitrogens with zero attached hydrogens (tertiary/aromatic N) is 2. The Morgan fingerprint density at radius 1 is 0.854 bits per heavy atom. The monoisotopic (exact) mass is 573 g/mol. The molecule has 0 unspecified atom stereocenters. The molecule has 9 heteroatoms. The highest BCUT2D eigenvalue weighted by atomic mass is 32.2. The molecule has 1 saturated heterocycles. The van der Waals surface area contributed by atoms with Crippen LogP contribution in [0.3, 0.4) is 0 Å². The lowest BCUT2D eigenvalue weighted by atomic mass is 9.96. The average Bonchev–Trinajstić information content (AvgIpc) is 2.99.